The molecule has 0 spiro atoms. The Labute approximate surface area is 168 Å². The molecule has 3 amide bonds. The third-order valence-corrected chi connectivity index (χ3v) is 5.30. The normalized spacial score (nSPS) is 14.0. The van der Waals surface area contributed by atoms with Crippen LogP contribution < -0.4 is 10.1 Å². The number of thioether (sulfide) groups is 1. The lowest BCUT2D eigenvalue weighted by Crippen LogP contribution is -2.49. The standard InChI is InChI=1S/C21H22N2O4S/c1-27-15-9-7-14(8-10-15)13-22-19(24)18(11-12-28-2)23-20(25)16-5-3-4-6-17(16)21(23)26/h3-10,18H,11-13H2,1-2H3,(H,22,24)/t18-/m0/s1. The molecular formula is C21H22N2O4S. The van der Waals surface area contributed by atoms with E-state index in [1.807, 2.05) is 30.5 Å². The van der Waals surface area contributed by atoms with E-state index in [9.17, 15) is 14.4 Å². The van der Waals surface area contributed by atoms with Gasteiger partial charge in [0, 0.05) is 6.54 Å². The van der Waals surface area contributed by atoms with Crippen LogP contribution in [0.25, 0.3) is 0 Å². The van der Waals surface area contributed by atoms with Crippen molar-refractivity contribution in [1.29, 1.82) is 0 Å². The van der Waals surface area contributed by atoms with Crippen LogP contribution in [-0.2, 0) is 11.3 Å². The van der Waals surface area contributed by atoms with Gasteiger partial charge in [-0.15, -0.1) is 0 Å². The SMILES string of the molecule is COc1ccc(CNC(=O)[C@H](CCSC)N2C(=O)c3ccccc3C2=O)cc1. The van der Waals surface area contributed by atoms with Gasteiger partial charge in [0.1, 0.15) is 11.8 Å². The van der Waals surface area contributed by atoms with E-state index < -0.39 is 17.9 Å². The van der Waals surface area contributed by atoms with E-state index in [2.05, 4.69) is 5.32 Å². The Morgan fingerprint density at radius 1 is 1.07 bits per heavy atom. The van der Waals surface area contributed by atoms with Gasteiger partial charge in [-0.05, 0) is 48.3 Å². The van der Waals surface area contributed by atoms with Gasteiger partial charge in [-0.25, -0.2) is 0 Å². The number of ether oxygens (including phenoxy) is 1. The lowest BCUT2D eigenvalue weighted by Gasteiger charge is -2.25. The molecule has 0 bridgehead atoms. The molecule has 6 nitrogen and oxygen atoms in total. The quantitative estimate of drug-likeness (QED) is 0.692. The maximum Gasteiger partial charge on any atom is 0.262 e. The number of nitrogens with zero attached hydrogens (tertiary/aromatic N) is 1. The number of carbonyl (C=O) groups excluding carboxylic acids is 3. The zero-order valence-electron chi connectivity index (χ0n) is 15.8. The summed E-state index contributed by atoms with van der Waals surface area (Å²) in [7, 11) is 1.59. The molecule has 7 heteroatoms. The summed E-state index contributed by atoms with van der Waals surface area (Å²) in [5, 5.41) is 2.86. The van der Waals surface area contributed by atoms with E-state index in [1.54, 1.807) is 43.1 Å². The maximum atomic E-state index is 12.9. The number of hydrogen-bond acceptors (Lipinski definition) is 5. The van der Waals surface area contributed by atoms with Crippen molar-refractivity contribution in [2.24, 2.45) is 0 Å². The van der Waals surface area contributed by atoms with E-state index in [0.29, 0.717) is 29.8 Å². The summed E-state index contributed by atoms with van der Waals surface area (Å²) in [5.74, 6) is 0.240. The number of imide groups is 1. The molecule has 1 heterocycles. The second-order valence-corrected chi connectivity index (χ2v) is 7.37. The van der Waals surface area contributed by atoms with Crippen LogP contribution in [0.4, 0.5) is 0 Å². The predicted octanol–water partition coefficient (Wildman–Crippen LogP) is 2.73. The van der Waals surface area contributed by atoms with Crippen LogP contribution in [0, 0.1) is 0 Å². The predicted molar refractivity (Wildman–Crippen MR) is 109 cm³/mol. The van der Waals surface area contributed by atoms with Crippen LogP contribution in [0.5, 0.6) is 5.75 Å². The molecule has 1 N–H and O–H groups in total. The summed E-state index contributed by atoms with van der Waals surface area (Å²) >= 11 is 1.57. The van der Waals surface area contributed by atoms with E-state index in [1.165, 1.54) is 0 Å². The van der Waals surface area contributed by atoms with Crippen LogP contribution in [-0.4, -0.2) is 47.8 Å². The van der Waals surface area contributed by atoms with Crippen molar-refractivity contribution in [3.05, 3.63) is 65.2 Å². The fourth-order valence-electron chi connectivity index (χ4n) is 3.15. The third kappa shape index (κ3) is 4.04. The Hall–Kier alpha value is -2.80. The summed E-state index contributed by atoms with van der Waals surface area (Å²) in [6.07, 6.45) is 2.33. The highest BCUT2D eigenvalue weighted by Gasteiger charge is 2.42. The minimum Gasteiger partial charge on any atom is -0.497 e. The Kier molecular flexibility index (Phi) is 6.36. The van der Waals surface area contributed by atoms with Gasteiger partial charge < -0.3 is 10.1 Å². The van der Waals surface area contributed by atoms with Crippen LogP contribution >= 0.6 is 11.8 Å². The molecular weight excluding hydrogens is 376 g/mol. The summed E-state index contributed by atoms with van der Waals surface area (Å²) in [5.41, 5.74) is 1.61. The van der Waals surface area contributed by atoms with E-state index in [4.69, 9.17) is 4.74 Å². The topological polar surface area (TPSA) is 75.7 Å². The van der Waals surface area contributed by atoms with Crippen molar-refractivity contribution in [2.75, 3.05) is 19.1 Å². The lowest BCUT2D eigenvalue weighted by molar-refractivity contribution is -0.125. The summed E-state index contributed by atoms with van der Waals surface area (Å²) in [6, 6.07) is 13.2. The van der Waals surface area contributed by atoms with Crippen LogP contribution in [0.1, 0.15) is 32.7 Å². The first-order valence-electron chi connectivity index (χ1n) is 8.93. The van der Waals surface area contributed by atoms with Gasteiger partial charge in [0.05, 0.1) is 18.2 Å². The number of amides is 3. The molecule has 0 unspecified atom stereocenters. The fraction of sp³-hybridized carbons (Fsp3) is 0.286. The molecule has 0 radical (unpaired) electrons. The third-order valence-electron chi connectivity index (χ3n) is 4.66. The number of rotatable bonds is 8. The molecule has 2 aromatic rings. The summed E-state index contributed by atoms with van der Waals surface area (Å²) in [4.78, 5) is 39.5. The Balaban J connectivity index is 1.75. The van der Waals surface area contributed by atoms with Gasteiger partial charge >= 0.3 is 0 Å². The van der Waals surface area contributed by atoms with Crippen molar-refractivity contribution >= 4 is 29.5 Å². The zero-order valence-corrected chi connectivity index (χ0v) is 16.6. The fourth-order valence-corrected chi connectivity index (χ4v) is 3.61. The first-order chi connectivity index (χ1) is 13.6. The van der Waals surface area contributed by atoms with E-state index >= 15 is 0 Å². The van der Waals surface area contributed by atoms with Crippen molar-refractivity contribution in [1.82, 2.24) is 10.2 Å². The highest BCUT2D eigenvalue weighted by molar-refractivity contribution is 7.98. The molecule has 28 heavy (non-hydrogen) atoms. The average molecular weight is 398 g/mol. The van der Waals surface area contributed by atoms with E-state index in [0.717, 1.165) is 16.2 Å². The zero-order chi connectivity index (χ0) is 20.1. The highest BCUT2D eigenvalue weighted by atomic mass is 32.2. The molecule has 1 atom stereocenters. The Bertz CT molecular complexity index is 847. The molecule has 0 saturated heterocycles. The Morgan fingerprint density at radius 3 is 2.21 bits per heavy atom. The van der Waals surface area contributed by atoms with Crippen LogP contribution in [0.3, 0.4) is 0 Å². The first kappa shape index (κ1) is 19.9. The van der Waals surface area contributed by atoms with Gasteiger partial charge in [-0.1, -0.05) is 24.3 Å². The summed E-state index contributed by atoms with van der Waals surface area (Å²) in [6.45, 7) is 0.307. The number of nitrogens with one attached hydrogen (secondary N) is 1. The number of fused-ring (bicyclic) bond motifs is 1. The molecule has 2 aromatic carbocycles. The smallest absolute Gasteiger partial charge is 0.262 e. The second-order valence-electron chi connectivity index (χ2n) is 6.39. The summed E-state index contributed by atoms with van der Waals surface area (Å²) < 4.78 is 5.13. The van der Waals surface area contributed by atoms with Crippen molar-refractivity contribution in [3.8, 4) is 5.75 Å². The molecule has 0 saturated carbocycles. The first-order valence-corrected chi connectivity index (χ1v) is 10.3. The molecule has 3 rings (SSSR count). The van der Waals surface area contributed by atoms with Crippen LogP contribution in [0.15, 0.2) is 48.5 Å². The lowest BCUT2D eigenvalue weighted by atomic mass is 10.1. The molecule has 146 valence electrons. The maximum absolute atomic E-state index is 12.9. The van der Waals surface area contributed by atoms with Crippen molar-refractivity contribution in [2.45, 2.75) is 19.0 Å². The molecule has 1 aliphatic heterocycles. The second kappa shape index (κ2) is 8.93. The monoisotopic (exact) mass is 398 g/mol. The van der Waals surface area contributed by atoms with Crippen molar-refractivity contribution in [3.63, 3.8) is 0 Å². The molecule has 1 aliphatic rings. The number of methoxy groups -OCH3 is 1. The highest BCUT2D eigenvalue weighted by Crippen LogP contribution is 2.26. The number of hydrogen-bond donors (Lipinski definition) is 1. The molecule has 0 aromatic heterocycles. The van der Waals surface area contributed by atoms with Crippen LogP contribution in [0.2, 0.25) is 0 Å². The van der Waals surface area contributed by atoms with Gasteiger partial charge in [0.15, 0.2) is 0 Å². The Morgan fingerprint density at radius 2 is 1.68 bits per heavy atom. The minimum absolute atomic E-state index is 0.307. The van der Waals surface area contributed by atoms with E-state index in [-0.39, 0.29) is 5.91 Å². The molecule has 0 aliphatic carbocycles. The number of carbonyl (C=O) groups is 3. The largest absolute Gasteiger partial charge is 0.497 e. The van der Waals surface area contributed by atoms with Gasteiger partial charge in [-0.3, -0.25) is 19.3 Å². The van der Waals surface area contributed by atoms with Gasteiger partial charge in [-0.2, -0.15) is 11.8 Å². The van der Waals surface area contributed by atoms with Gasteiger partial charge in [0.25, 0.3) is 11.8 Å². The average Bonchev–Trinajstić information content (AvgIpc) is 2.98. The van der Waals surface area contributed by atoms with Gasteiger partial charge in [0.2, 0.25) is 5.91 Å². The number of benzene rings is 2. The molecule has 0 fully saturated rings. The minimum atomic E-state index is -0.835. The van der Waals surface area contributed by atoms with Crippen molar-refractivity contribution < 1.29 is 19.1 Å².